The van der Waals surface area contributed by atoms with E-state index in [1.807, 2.05) is 0 Å². The zero-order valence-electron chi connectivity index (χ0n) is 12.8. The van der Waals surface area contributed by atoms with Gasteiger partial charge >= 0.3 is 0 Å². The smallest absolute Gasteiger partial charge is 0.0707 e. The molecule has 2 saturated heterocycles. The van der Waals surface area contributed by atoms with Crippen LogP contribution in [0.4, 0.5) is 0 Å². The summed E-state index contributed by atoms with van der Waals surface area (Å²) in [6, 6.07) is 0. The van der Waals surface area contributed by atoms with Gasteiger partial charge in [-0.15, -0.1) is 0 Å². The Balaban J connectivity index is 1.66. The number of hydrogen-bond acceptors (Lipinski definition) is 4. The van der Waals surface area contributed by atoms with Gasteiger partial charge in [0.1, 0.15) is 0 Å². The molecule has 1 N–H and O–H groups in total. The lowest BCUT2D eigenvalue weighted by Crippen LogP contribution is -2.41. The molecule has 0 bridgehead atoms. The first kappa shape index (κ1) is 15.6. The molecule has 0 aromatic heterocycles. The molecule has 0 aromatic rings. The summed E-state index contributed by atoms with van der Waals surface area (Å²) in [4.78, 5) is 2.60. The Hall–Kier alpha value is 0.230. The van der Waals surface area contributed by atoms with Gasteiger partial charge in [-0.05, 0) is 52.3 Å². The number of thioether (sulfide) groups is 1. The summed E-state index contributed by atoms with van der Waals surface area (Å²) in [5, 5.41) is 3.56. The van der Waals surface area contributed by atoms with Gasteiger partial charge in [-0.25, -0.2) is 0 Å². The van der Waals surface area contributed by atoms with Crippen LogP contribution >= 0.6 is 11.8 Å². The maximum atomic E-state index is 6.19. The SMILES string of the molecule is CC(C)(C)NCC1CCC(CN2CCCSCC2)O1. The van der Waals surface area contributed by atoms with Crippen molar-refractivity contribution in [2.24, 2.45) is 0 Å². The number of rotatable bonds is 4. The Morgan fingerprint density at radius 3 is 2.74 bits per heavy atom. The van der Waals surface area contributed by atoms with Crippen LogP contribution in [-0.2, 0) is 4.74 Å². The van der Waals surface area contributed by atoms with Crippen molar-refractivity contribution in [2.45, 2.75) is 57.8 Å². The molecular formula is C15H30N2OS. The summed E-state index contributed by atoms with van der Waals surface area (Å²) in [5.41, 5.74) is 0.198. The van der Waals surface area contributed by atoms with Crippen LogP contribution in [0.25, 0.3) is 0 Å². The zero-order valence-corrected chi connectivity index (χ0v) is 13.6. The summed E-state index contributed by atoms with van der Waals surface area (Å²) < 4.78 is 6.19. The standard InChI is InChI=1S/C15H30N2OS/c1-15(2,3)16-11-13-5-6-14(18-13)12-17-7-4-9-19-10-8-17/h13-14,16H,4-12H2,1-3H3. The molecule has 19 heavy (non-hydrogen) atoms. The maximum Gasteiger partial charge on any atom is 0.0707 e. The molecule has 0 radical (unpaired) electrons. The predicted molar refractivity (Wildman–Crippen MR) is 84.0 cm³/mol. The third-order valence-corrected chi connectivity index (χ3v) is 4.88. The van der Waals surface area contributed by atoms with Gasteiger partial charge in [-0.3, -0.25) is 4.90 Å². The van der Waals surface area contributed by atoms with E-state index in [1.54, 1.807) is 0 Å². The molecule has 3 nitrogen and oxygen atoms in total. The van der Waals surface area contributed by atoms with Gasteiger partial charge in [-0.2, -0.15) is 11.8 Å². The highest BCUT2D eigenvalue weighted by Gasteiger charge is 2.27. The summed E-state index contributed by atoms with van der Waals surface area (Å²) in [6.45, 7) is 11.3. The first-order valence-corrected chi connectivity index (χ1v) is 8.89. The second-order valence-electron chi connectivity index (χ2n) is 6.85. The van der Waals surface area contributed by atoms with E-state index in [0.717, 1.165) is 13.1 Å². The lowest BCUT2D eigenvalue weighted by molar-refractivity contribution is 0.0222. The Morgan fingerprint density at radius 1 is 1.16 bits per heavy atom. The molecule has 2 aliphatic heterocycles. The average Bonchev–Trinajstić information content (AvgIpc) is 2.61. The minimum atomic E-state index is 0.198. The van der Waals surface area contributed by atoms with Crippen molar-refractivity contribution in [2.75, 3.05) is 37.7 Å². The van der Waals surface area contributed by atoms with Crippen molar-refractivity contribution in [1.29, 1.82) is 0 Å². The minimum Gasteiger partial charge on any atom is -0.372 e. The first-order valence-electron chi connectivity index (χ1n) is 7.73. The number of hydrogen-bond donors (Lipinski definition) is 1. The Labute approximate surface area is 122 Å². The molecule has 0 saturated carbocycles. The topological polar surface area (TPSA) is 24.5 Å². The van der Waals surface area contributed by atoms with Crippen LogP contribution in [0.15, 0.2) is 0 Å². The van der Waals surface area contributed by atoms with Gasteiger partial charge in [-0.1, -0.05) is 0 Å². The van der Waals surface area contributed by atoms with Crippen molar-refractivity contribution in [1.82, 2.24) is 10.2 Å². The Kier molecular flexibility index (Phi) is 6.00. The predicted octanol–water partition coefficient (Wildman–Crippen LogP) is 2.36. The highest BCUT2D eigenvalue weighted by molar-refractivity contribution is 7.99. The number of ether oxygens (including phenoxy) is 1. The van der Waals surface area contributed by atoms with E-state index in [-0.39, 0.29) is 5.54 Å². The van der Waals surface area contributed by atoms with E-state index in [1.165, 1.54) is 43.9 Å². The Bertz CT molecular complexity index is 259. The van der Waals surface area contributed by atoms with Gasteiger partial charge in [0, 0.05) is 30.9 Å². The first-order chi connectivity index (χ1) is 9.03. The maximum absolute atomic E-state index is 6.19. The van der Waals surface area contributed by atoms with Crippen LogP contribution in [-0.4, -0.2) is 60.3 Å². The molecule has 4 heteroatoms. The van der Waals surface area contributed by atoms with E-state index in [0.29, 0.717) is 12.2 Å². The quantitative estimate of drug-likeness (QED) is 0.857. The lowest BCUT2D eigenvalue weighted by atomic mass is 10.1. The number of nitrogens with zero attached hydrogens (tertiary/aromatic N) is 1. The van der Waals surface area contributed by atoms with Crippen molar-refractivity contribution in [3.8, 4) is 0 Å². The fourth-order valence-corrected chi connectivity index (χ4v) is 3.68. The molecule has 0 aromatic carbocycles. The molecule has 2 atom stereocenters. The summed E-state index contributed by atoms with van der Waals surface area (Å²) in [5.74, 6) is 2.63. The molecular weight excluding hydrogens is 256 g/mol. The van der Waals surface area contributed by atoms with Gasteiger partial charge < -0.3 is 10.1 Å². The Morgan fingerprint density at radius 2 is 1.95 bits per heavy atom. The molecule has 0 spiro atoms. The number of nitrogens with one attached hydrogen (secondary N) is 1. The van der Waals surface area contributed by atoms with Crippen LogP contribution in [0.5, 0.6) is 0 Å². The third kappa shape index (κ3) is 6.03. The highest BCUT2D eigenvalue weighted by atomic mass is 32.2. The van der Waals surface area contributed by atoms with E-state index in [2.05, 4.69) is 42.7 Å². The van der Waals surface area contributed by atoms with Gasteiger partial charge in [0.25, 0.3) is 0 Å². The molecule has 0 amide bonds. The largest absolute Gasteiger partial charge is 0.372 e. The van der Waals surface area contributed by atoms with E-state index >= 15 is 0 Å². The molecule has 2 fully saturated rings. The summed E-state index contributed by atoms with van der Waals surface area (Å²) >= 11 is 2.10. The van der Waals surface area contributed by atoms with Crippen molar-refractivity contribution in [3.05, 3.63) is 0 Å². The summed E-state index contributed by atoms with van der Waals surface area (Å²) in [6.07, 6.45) is 4.68. The van der Waals surface area contributed by atoms with Crippen LogP contribution in [0.1, 0.15) is 40.0 Å². The monoisotopic (exact) mass is 286 g/mol. The van der Waals surface area contributed by atoms with Crippen LogP contribution in [0, 0.1) is 0 Å². The average molecular weight is 286 g/mol. The van der Waals surface area contributed by atoms with Crippen LogP contribution in [0.2, 0.25) is 0 Å². The molecule has 2 rings (SSSR count). The van der Waals surface area contributed by atoms with Crippen LogP contribution < -0.4 is 5.32 Å². The van der Waals surface area contributed by atoms with E-state index in [4.69, 9.17) is 4.74 Å². The second-order valence-corrected chi connectivity index (χ2v) is 8.08. The lowest BCUT2D eigenvalue weighted by Gasteiger charge is -2.25. The third-order valence-electron chi connectivity index (χ3n) is 3.83. The van der Waals surface area contributed by atoms with Crippen molar-refractivity contribution < 1.29 is 4.74 Å². The normalized spacial score (nSPS) is 30.5. The van der Waals surface area contributed by atoms with Crippen LogP contribution in [0.3, 0.4) is 0 Å². The molecule has 2 heterocycles. The van der Waals surface area contributed by atoms with Gasteiger partial charge in [0.15, 0.2) is 0 Å². The molecule has 0 aliphatic carbocycles. The fourth-order valence-electron chi connectivity index (χ4n) is 2.75. The van der Waals surface area contributed by atoms with E-state index < -0.39 is 0 Å². The van der Waals surface area contributed by atoms with Crippen molar-refractivity contribution >= 4 is 11.8 Å². The highest BCUT2D eigenvalue weighted by Crippen LogP contribution is 2.21. The molecule has 2 unspecified atom stereocenters. The zero-order chi connectivity index (χ0) is 13.7. The minimum absolute atomic E-state index is 0.198. The second kappa shape index (κ2) is 7.30. The van der Waals surface area contributed by atoms with Crippen molar-refractivity contribution in [3.63, 3.8) is 0 Å². The van der Waals surface area contributed by atoms with E-state index in [9.17, 15) is 0 Å². The summed E-state index contributed by atoms with van der Waals surface area (Å²) in [7, 11) is 0. The fraction of sp³-hybridized carbons (Fsp3) is 1.00. The van der Waals surface area contributed by atoms with Gasteiger partial charge in [0.2, 0.25) is 0 Å². The van der Waals surface area contributed by atoms with Gasteiger partial charge in [0.05, 0.1) is 12.2 Å². The molecule has 2 aliphatic rings. The molecule has 112 valence electrons.